The van der Waals surface area contributed by atoms with Crippen molar-refractivity contribution >= 4 is 5.97 Å². The Morgan fingerprint density at radius 2 is 2.38 bits per heavy atom. The zero-order valence-electron chi connectivity index (χ0n) is 9.22. The maximum absolute atomic E-state index is 10.3. The predicted molar refractivity (Wildman–Crippen MR) is 58.9 cm³/mol. The summed E-state index contributed by atoms with van der Waals surface area (Å²) in [5.74, 6) is -0.909. The fourth-order valence-electron chi connectivity index (χ4n) is 1.20. The number of ether oxygens (including phenoxy) is 1. The van der Waals surface area contributed by atoms with E-state index in [1.54, 1.807) is 6.20 Å². The highest BCUT2D eigenvalue weighted by molar-refractivity contribution is 5.67. The molecule has 0 aliphatic heterocycles. The van der Waals surface area contributed by atoms with Gasteiger partial charge in [0.15, 0.2) is 0 Å². The molecule has 1 aromatic rings. The van der Waals surface area contributed by atoms with Crippen molar-refractivity contribution in [2.24, 2.45) is 5.73 Å². The van der Waals surface area contributed by atoms with Crippen LogP contribution in [0.1, 0.15) is 17.7 Å². The lowest BCUT2D eigenvalue weighted by Gasteiger charge is -2.09. The first-order valence-corrected chi connectivity index (χ1v) is 5.04. The van der Waals surface area contributed by atoms with Gasteiger partial charge in [0.25, 0.3) is 0 Å². The minimum atomic E-state index is -0.909. The molecule has 0 saturated heterocycles. The Morgan fingerprint density at radius 3 is 2.94 bits per heavy atom. The van der Waals surface area contributed by atoms with Crippen molar-refractivity contribution in [3.05, 3.63) is 29.6 Å². The van der Waals surface area contributed by atoms with E-state index >= 15 is 0 Å². The largest absolute Gasteiger partial charge is 0.481 e. The highest BCUT2D eigenvalue weighted by Crippen LogP contribution is 2.01. The number of carboxylic acids is 1. The van der Waals surface area contributed by atoms with Gasteiger partial charge >= 0.3 is 5.97 Å². The van der Waals surface area contributed by atoms with Crippen molar-refractivity contribution < 1.29 is 14.6 Å². The van der Waals surface area contributed by atoms with E-state index in [1.165, 1.54) is 0 Å². The topological polar surface area (TPSA) is 85.4 Å². The Morgan fingerprint density at radius 1 is 1.62 bits per heavy atom. The lowest BCUT2D eigenvalue weighted by atomic mass is 10.2. The number of aliphatic carboxylic acids is 1. The Kier molecular flexibility index (Phi) is 4.88. The number of aromatic nitrogens is 1. The summed E-state index contributed by atoms with van der Waals surface area (Å²) < 4.78 is 5.29. The van der Waals surface area contributed by atoms with E-state index in [-0.39, 0.29) is 13.0 Å². The van der Waals surface area contributed by atoms with Crippen LogP contribution in [0.3, 0.4) is 0 Å². The number of hydrogen-bond acceptors (Lipinski definition) is 4. The van der Waals surface area contributed by atoms with Gasteiger partial charge in [0, 0.05) is 17.9 Å². The third kappa shape index (κ3) is 4.86. The van der Waals surface area contributed by atoms with Crippen molar-refractivity contribution in [3.63, 3.8) is 0 Å². The third-order valence-electron chi connectivity index (χ3n) is 2.01. The van der Waals surface area contributed by atoms with Gasteiger partial charge in [-0.25, -0.2) is 0 Å². The number of carboxylic acid groups (broad SMARTS) is 1. The normalized spacial score (nSPS) is 12.4. The molecule has 5 nitrogen and oxygen atoms in total. The van der Waals surface area contributed by atoms with Crippen molar-refractivity contribution in [2.75, 3.05) is 6.61 Å². The van der Waals surface area contributed by atoms with Gasteiger partial charge in [0.05, 0.1) is 19.6 Å². The van der Waals surface area contributed by atoms with Crippen molar-refractivity contribution in [1.82, 2.24) is 4.98 Å². The lowest BCUT2D eigenvalue weighted by Crippen LogP contribution is -2.28. The molecule has 5 heteroatoms. The van der Waals surface area contributed by atoms with E-state index in [9.17, 15) is 4.79 Å². The van der Waals surface area contributed by atoms with Crippen molar-refractivity contribution in [3.8, 4) is 0 Å². The standard InChI is InChI=1S/C11H16N2O3/c1-8-2-3-9(5-13-8)6-16-7-10(12)4-11(14)15/h2-3,5,10H,4,6-7,12H2,1H3,(H,14,15)/t10-/m1/s1. The molecular weight excluding hydrogens is 208 g/mol. The average molecular weight is 224 g/mol. The zero-order valence-corrected chi connectivity index (χ0v) is 9.22. The second kappa shape index (κ2) is 6.19. The summed E-state index contributed by atoms with van der Waals surface area (Å²) >= 11 is 0. The summed E-state index contributed by atoms with van der Waals surface area (Å²) in [5, 5.41) is 8.49. The van der Waals surface area contributed by atoms with Crippen LogP contribution >= 0.6 is 0 Å². The first kappa shape index (κ1) is 12.6. The van der Waals surface area contributed by atoms with Crippen molar-refractivity contribution in [1.29, 1.82) is 0 Å². The van der Waals surface area contributed by atoms with E-state index in [0.717, 1.165) is 11.3 Å². The lowest BCUT2D eigenvalue weighted by molar-refractivity contribution is -0.137. The van der Waals surface area contributed by atoms with Crippen LogP contribution in [0.5, 0.6) is 0 Å². The monoisotopic (exact) mass is 224 g/mol. The molecule has 1 rings (SSSR count). The molecule has 0 amide bonds. The number of rotatable bonds is 6. The van der Waals surface area contributed by atoms with Crippen molar-refractivity contribution in [2.45, 2.75) is 26.0 Å². The number of nitrogens with two attached hydrogens (primary N) is 1. The smallest absolute Gasteiger partial charge is 0.305 e. The van der Waals surface area contributed by atoms with E-state index in [2.05, 4.69) is 4.98 Å². The molecule has 0 unspecified atom stereocenters. The molecule has 16 heavy (non-hydrogen) atoms. The Labute approximate surface area is 94.2 Å². The molecule has 0 spiro atoms. The molecule has 0 saturated carbocycles. The van der Waals surface area contributed by atoms with Gasteiger partial charge in [-0.15, -0.1) is 0 Å². The molecule has 1 aromatic heterocycles. The Hall–Kier alpha value is -1.46. The summed E-state index contributed by atoms with van der Waals surface area (Å²) in [7, 11) is 0. The molecule has 0 bridgehead atoms. The average Bonchev–Trinajstić information content (AvgIpc) is 2.20. The summed E-state index contributed by atoms with van der Waals surface area (Å²) in [6.07, 6.45) is 1.66. The minimum Gasteiger partial charge on any atom is -0.481 e. The first-order chi connectivity index (χ1) is 7.58. The predicted octanol–water partition coefficient (Wildman–Crippen LogP) is 0.709. The number of pyridine rings is 1. The van der Waals surface area contributed by atoms with E-state index < -0.39 is 12.0 Å². The van der Waals surface area contributed by atoms with Crippen LogP contribution in [0, 0.1) is 6.92 Å². The Balaban J connectivity index is 2.25. The molecular formula is C11H16N2O3. The molecule has 88 valence electrons. The second-order valence-electron chi connectivity index (χ2n) is 3.68. The number of nitrogens with zero attached hydrogens (tertiary/aromatic N) is 1. The van der Waals surface area contributed by atoms with Crippen LogP contribution < -0.4 is 5.73 Å². The summed E-state index contributed by atoms with van der Waals surface area (Å²) in [5.41, 5.74) is 7.44. The maximum Gasteiger partial charge on any atom is 0.305 e. The highest BCUT2D eigenvalue weighted by Gasteiger charge is 2.07. The zero-order chi connectivity index (χ0) is 12.0. The third-order valence-corrected chi connectivity index (χ3v) is 2.01. The molecule has 0 aliphatic rings. The first-order valence-electron chi connectivity index (χ1n) is 5.04. The number of aryl methyl sites for hydroxylation is 1. The van der Waals surface area contributed by atoms with E-state index in [4.69, 9.17) is 15.6 Å². The fraction of sp³-hybridized carbons (Fsp3) is 0.455. The summed E-state index contributed by atoms with van der Waals surface area (Å²) in [6, 6.07) is 3.36. The SMILES string of the molecule is Cc1ccc(COC[C@H](N)CC(=O)O)cn1. The van der Waals surface area contributed by atoms with Crippen LogP contribution in [0.15, 0.2) is 18.3 Å². The van der Waals surface area contributed by atoms with Crippen LogP contribution in [0.2, 0.25) is 0 Å². The number of hydrogen-bond donors (Lipinski definition) is 2. The van der Waals surface area contributed by atoms with E-state index in [1.807, 2.05) is 19.1 Å². The van der Waals surface area contributed by atoms with Crippen LogP contribution in [-0.4, -0.2) is 28.7 Å². The van der Waals surface area contributed by atoms with Gasteiger partial charge in [-0.2, -0.15) is 0 Å². The summed E-state index contributed by atoms with van der Waals surface area (Å²) in [4.78, 5) is 14.5. The molecule has 0 aliphatic carbocycles. The van der Waals surface area contributed by atoms with Gasteiger partial charge in [-0.1, -0.05) is 6.07 Å². The maximum atomic E-state index is 10.3. The molecule has 0 radical (unpaired) electrons. The minimum absolute atomic E-state index is 0.0772. The molecule has 1 atom stereocenters. The molecule has 3 N–H and O–H groups in total. The summed E-state index contributed by atoms with van der Waals surface area (Å²) in [6.45, 7) is 2.55. The van der Waals surface area contributed by atoms with Crippen LogP contribution in [0.4, 0.5) is 0 Å². The molecule has 0 aromatic carbocycles. The van der Waals surface area contributed by atoms with Gasteiger partial charge in [-0.05, 0) is 18.6 Å². The quantitative estimate of drug-likeness (QED) is 0.743. The van der Waals surface area contributed by atoms with Gasteiger partial charge in [0.1, 0.15) is 0 Å². The van der Waals surface area contributed by atoms with Gasteiger partial charge < -0.3 is 15.6 Å². The van der Waals surface area contributed by atoms with Gasteiger partial charge in [0.2, 0.25) is 0 Å². The van der Waals surface area contributed by atoms with Crippen LogP contribution in [-0.2, 0) is 16.1 Å². The fourth-order valence-corrected chi connectivity index (χ4v) is 1.20. The number of carbonyl (C=O) groups is 1. The van der Waals surface area contributed by atoms with E-state index in [0.29, 0.717) is 6.61 Å². The Bertz CT molecular complexity index is 338. The van der Waals surface area contributed by atoms with Crippen LogP contribution in [0.25, 0.3) is 0 Å². The molecule has 1 heterocycles. The molecule has 0 fully saturated rings. The second-order valence-corrected chi connectivity index (χ2v) is 3.68. The highest BCUT2D eigenvalue weighted by atomic mass is 16.5. The van der Waals surface area contributed by atoms with Gasteiger partial charge in [-0.3, -0.25) is 9.78 Å².